The van der Waals surface area contributed by atoms with Gasteiger partial charge in [-0.15, -0.1) is 0 Å². The van der Waals surface area contributed by atoms with Crippen molar-refractivity contribution in [2.24, 2.45) is 0 Å². The first-order valence-electron chi connectivity index (χ1n) is 6.43. The molecule has 0 aromatic carbocycles. The number of pyridine rings is 1. The minimum atomic E-state index is 0.741. The van der Waals surface area contributed by atoms with Crippen molar-refractivity contribution in [3.63, 3.8) is 0 Å². The Morgan fingerprint density at radius 2 is 1.88 bits per heavy atom. The van der Waals surface area contributed by atoms with Gasteiger partial charge in [0.25, 0.3) is 0 Å². The first-order valence-corrected chi connectivity index (χ1v) is 6.43. The second-order valence-corrected chi connectivity index (χ2v) is 4.61. The van der Waals surface area contributed by atoms with E-state index in [1.807, 2.05) is 12.1 Å². The predicted octanol–water partition coefficient (Wildman–Crippen LogP) is 0.844. The molecule has 1 aliphatic heterocycles. The third kappa shape index (κ3) is 3.68. The molecule has 0 saturated carbocycles. The van der Waals surface area contributed by atoms with Crippen molar-refractivity contribution in [3.8, 4) is 0 Å². The molecule has 0 spiro atoms. The van der Waals surface area contributed by atoms with Gasteiger partial charge in [-0.25, -0.2) is 0 Å². The molecule has 0 atom stereocenters. The first-order chi connectivity index (χ1) is 8.28. The fraction of sp³-hybridized carbons (Fsp3) is 0.615. The molecule has 0 amide bonds. The van der Waals surface area contributed by atoms with E-state index < -0.39 is 0 Å². The highest BCUT2D eigenvalue weighted by Gasteiger charge is 2.14. The zero-order valence-corrected chi connectivity index (χ0v) is 10.6. The summed E-state index contributed by atoms with van der Waals surface area (Å²) in [5, 5.41) is 0. The Hall–Kier alpha value is -1.13. The minimum absolute atomic E-state index is 0.741. The number of nitrogen functional groups attached to an aromatic ring is 1. The van der Waals surface area contributed by atoms with Crippen molar-refractivity contribution in [1.29, 1.82) is 0 Å². The van der Waals surface area contributed by atoms with Gasteiger partial charge in [0.05, 0.1) is 11.9 Å². The van der Waals surface area contributed by atoms with Crippen LogP contribution < -0.4 is 5.73 Å². The number of hydrogen-bond acceptors (Lipinski definition) is 4. The zero-order valence-electron chi connectivity index (χ0n) is 10.6. The third-order valence-corrected chi connectivity index (χ3v) is 3.44. The number of nitrogens with zero attached hydrogens (tertiary/aromatic N) is 3. The van der Waals surface area contributed by atoms with E-state index in [0.717, 1.165) is 24.3 Å². The molecule has 1 saturated heterocycles. The lowest BCUT2D eigenvalue weighted by molar-refractivity contribution is 0.138. The van der Waals surface area contributed by atoms with Gasteiger partial charge in [0.2, 0.25) is 0 Å². The van der Waals surface area contributed by atoms with Crippen LogP contribution in [0.25, 0.3) is 0 Å². The molecule has 1 aromatic rings. The van der Waals surface area contributed by atoms with Crippen LogP contribution in [0.2, 0.25) is 0 Å². The van der Waals surface area contributed by atoms with Crippen LogP contribution in [0.3, 0.4) is 0 Å². The number of nitrogens with two attached hydrogens (primary N) is 1. The summed E-state index contributed by atoms with van der Waals surface area (Å²) in [6.07, 6.45) is 2.76. The topological polar surface area (TPSA) is 45.4 Å². The molecule has 4 nitrogen and oxygen atoms in total. The second kappa shape index (κ2) is 5.98. The monoisotopic (exact) mass is 234 g/mol. The Morgan fingerprint density at radius 3 is 2.47 bits per heavy atom. The summed E-state index contributed by atoms with van der Waals surface area (Å²) < 4.78 is 0. The number of aromatic nitrogens is 1. The maximum atomic E-state index is 5.62. The summed E-state index contributed by atoms with van der Waals surface area (Å²) >= 11 is 0. The number of likely N-dealkylation sites (N-methyl/N-ethyl adjacent to an activating group) is 1. The molecule has 1 aromatic heterocycles. The van der Waals surface area contributed by atoms with Gasteiger partial charge in [-0.3, -0.25) is 4.98 Å². The highest BCUT2D eigenvalue weighted by Crippen LogP contribution is 2.05. The predicted molar refractivity (Wildman–Crippen MR) is 70.9 cm³/mol. The Bertz CT molecular complexity index is 328. The van der Waals surface area contributed by atoms with Gasteiger partial charge in [0, 0.05) is 44.8 Å². The van der Waals surface area contributed by atoms with Gasteiger partial charge in [-0.05, 0) is 18.7 Å². The molecule has 94 valence electrons. The van der Waals surface area contributed by atoms with Crippen molar-refractivity contribution in [3.05, 3.63) is 24.0 Å². The van der Waals surface area contributed by atoms with Crippen LogP contribution in [-0.2, 0) is 6.42 Å². The zero-order chi connectivity index (χ0) is 12.1. The summed E-state index contributed by atoms with van der Waals surface area (Å²) in [7, 11) is 0. The Morgan fingerprint density at radius 1 is 1.18 bits per heavy atom. The van der Waals surface area contributed by atoms with Crippen LogP contribution >= 0.6 is 0 Å². The standard InChI is InChI=1S/C13H22N4/c1-2-16-7-9-17(10-8-16)6-5-13-4-3-12(14)11-15-13/h3-4,11H,2,5-10,14H2,1H3. The fourth-order valence-electron chi connectivity index (χ4n) is 2.19. The van der Waals surface area contributed by atoms with E-state index >= 15 is 0 Å². The maximum absolute atomic E-state index is 5.62. The number of anilines is 1. The fourth-order valence-corrected chi connectivity index (χ4v) is 2.19. The number of piperazine rings is 1. The molecule has 0 bridgehead atoms. The van der Waals surface area contributed by atoms with E-state index in [0.29, 0.717) is 0 Å². The largest absolute Gasteiger partial charge is 0.397 e. The molecule has 2 N–H and O–H groups in total. The Balaban J connectivity index is 1.74. The van der Waals surface area contributed by atoms with Gasteiger partial charge < -0.3 is 15.5 Å². The smallest absolute Gasteiger partial charge is 0.0501 e. The van der Waals surface area contributed by atoms with Crippen LogP contribution in [-0.4, -0.2) is 54.1 Å². The summed E-state index contributed by atoms with van der Waals surface area (Å²) in [6, 6.07) is 3.95. The molecule has 4 heteroatoms. The van der Waals surface area contributed by atoms with Gasteiger partial charge >= 0.3 is 0 Å². The number of hydrogen-bond donors (Lipinski definition) is 1. The highest BCUT2D eigenvalue weighted by atomic mass is 15.3. The molecule has 0 aliphatic carbocycles. The average molecular weight is 234 g/mol. The molecule has 2 rings (SSSR count). The Labute approximate surface area is 103 Å². The molecule has 2 heterocycles. The molecule has 1 aliphatic rings. The van der Waals surface area contributed by atoms with Crippen LogP contribution in [0.5, 0.6) is 0 Å². The van der Waals surface area contributed by atoms with Crippen molar-refractivity contribution >= 4 is 5.69 Å². The summed E-state index contributed by atoms with van der Waals surface area (Å²) in [5.74, 6) is 0. The van der Waals surface area contributed by atoms with E-state index in [1.54, 1.807) is 6.20 Å². The van der Waals surface area contributed by atoms with Crippen molar-refractivity contribution in [1.82, 2.24) is 14.8 Å². The second-order valence-electron chi connectivity index (χ2n) is 4.61. The highest BCUT2D eigenvalue weighted by molar-refractivity contribution is 5.34. The molecule has 17 heavy (non-hydrogen) atoms. The maximum Gasteiger partial charge on any atom is 0.0501 e. The van der Waals surface area contributed by atoms with Crippen molar-refractivity contribution in [2.45, 2.75) is 13.3 Å². The third-order valence-electron chi connectivity index (χ3n) is 3.44. The summed E-state index contributed by atoms with van der Waals surface area (Å²) in [6.45, 7) is 9.28. The van der Waals surface area contributed by atoms with Gasteiger partial charge in [0.1, 0.15) is 0 Å². The van der Waals surface area contributed by atoms with Crippen LogP contribution in [0.1, 0.15) is 12.6 Å². The Kier molecular flexibility index (Phi) is 4.34. The number of rotatable bonds is 4. The molecule has 0 radical (unpaired) electrons. The first kappa shape index (κ1) is 12.3. The lowest BCUT2D eigenvalue weighted by atomic mass is 10.2. The van der Waals surface area contributed by atoms with E-state index in [-0.39, 0.29) is 0 Å². The van der Waals surface area contributed by atoms with Crippen molar-refractivity contribution < 1.29 is 0 Å². The van der Waals surface area contributed by atoms with Gasteiger partial charge in [0.15, 0.2) is 0 Å². The normalized spacial score (nSPS) is 18.4. The molecular weight excluding hydrogens is 212 g/mol. The van der Waals surface area contributed by atoms with Crippen LogP contribution in [0, 0.1) is 0 Å². The van der Waals surface area contributed by atoms with Crippen LogP contribution in [0.4, 0.5) is 5.69 Å². The van der Waals surface area contributed by atoms with Crippen molar-refractivity contribution in [2.75, 3.05) is 45.0 Å². The SMILES string of the molecule is CCN1CCN(CCc2ccc(N)cn2)CC1. The van der Waals surface area contributed by atoms with E-state index in [1.165, 1.54) is 32.7 Å². The van der Waals surface area contributed by atoms with E-state index in [2.05, 4.69) is 21.7 Å². The lowest BCUT2D eigenvalue weighted by Gasteiger charge is -2.33. The van der Waals surface area contributed by atoms with Crippen LogP contribution in [0.15, 0.2) is 18.3 Å². The quantitative estimate of drug-likeness (QED) is 0.838. The minimum Gasteiger partial charge on any atom is -0.397 e. The summed E-state index contributed by atoms with van der Waals surface area (Å²) in [5.41, 5.74) is 7.50. The van der Waals surface area contributed by atoms with Gasteiger partial charge in [-0.2, -0.15) is 0 Å². The molecule has 1 fully saturated rings. The van der Waals surface area contributed by atoms with E-state index in [9.17, 15) is 0 Å². The van der Waals surface area contributed by atoms with E-state index in [4.69, 9.17) is 5.73 Å². The average Bonchev–Trinajstić information content (AvgIpc) is 2.39. The molecular formula is C13H22N4. The summed E-state index contributed by atoms with van der Waals surface area (Å²) in [4.78, 5) is 9.35. The van der Waals surface area contributed by atoms with Gasteiger partial charge in [-0.1, -0.05) is 6.92 Å². The lowest BCUT2D eigenvalue weighted by Crippen LogP contribution is -2.46. The molecule has 0 unspecified atom stereocenters.